The molecule has 5 nitrogen and oxygen atoms in total. The van der Waals surface area contributed by atoms with Gasteiger partial charge in [-0.05, 0) is 24.5 Å². The van der Waals surface area contributed by atoms with E-state index in [0.717, 1.165) is 17.4 Å². The minimum absolute atomic E-state index is 0.162. The molecule has 0 aliphatic heterocycles. The lowest BCUT2D eigenvalue weighted by Crippen LogP contribution is -2.37. The standard InChI is InChI=1S/C16H21N3O2/c1-21-16(20)11-19(14-4-2-3-5-14)10-12-6-7-13-9-17-18-15(13)8-12/h6-9,14H,2-5,10-11H2,1H3,(H,17,18). The number of carbonyl (C=O) groups excluding carboxylic acids is 1. The lowest BCUT2D eigenvalue weighted by molar-refractivity contribution is -0.142. The summed E-state index contributed by atoms with van der Waals surface area (Å²) in [7, 11) is 1.45. The first kappa shape index (κ1) is 14.1. The fourth-order valence-electron chi connectivity index (χ4n) is 3.13. The number of aromatic amines is 1. The lowest BCUT2D eigenvalue weighted by atomic mass is 10.1. The molecule has 0 amide bonds. The van der Waals surface area contributed by atoms with Crippen LogP contribution in [0.3, 0.4) is 0 Å². The van der Waals surface area contributed by atoms with Crippen molar-refractivity contribution in [3.05, 3.63) is 30.0 Å². The number of benzene rings is 1. The minimum atomic E-state index is -0.162. The Hall–Kier alpha value is -1.88. The van der Waals surface area contributed by atoms with Gasteiger partial charge in [-0.25, -0.2) is 0 Å². The van der Waals surface area contributed by atoms with Gasteiger partial charge in [-0.3, -0.25) is 14.8 Å². The molecular weight excluding hydrogens is 266 g/mol. The molecule has 1 aromatic carbocycles. The maximum atomic E-state index is 11.7. The first-order chi connectivity index (χ1) is 10.3. The summed E-state index contributed by atoms with van der Waals surface area (Å²) in [6, 6.07) is 6.78. The molecule has 1 N–H and O–H groups in total. The minimum Gasteiger partial charge on any atom is -0.468 e. The largest absolute Gasteiger partial charge is 0.468 e. The highest BCUT2D eigenvalue weighted by Gasteiger charge is 2.24. The van der Waals surface area contributed by atoms with Gasteiger partial charge < -0.3 is 4.74 Å². The van der Waals surface area contributed by atoms with Crippen molar-refractivity contribution in [2.75, 3.05) is 13.7 Å². The summed E-state index contributed by atoms with van der Waals surface area (Å²) in [4.78, 5) is 13.9. The average molecular weight is 287 g/mol. The van der Waals surface area contributed by atoms with Crippen LogP contribution in [0.2, 0.25) is 0 Å². The van der Waals surface area contributed by atoms with Crippen LogP contribution >= 0.6 is 0 Å². The predicted molar refractivity (Wildman–Crippen MR) is 80.8 cm³/mol. The molecule has 1 fully saturated rings. The van der Waals surface area contributed by atoms with Gasteiger partial charge in [-0.1, -0.05) is 25.0 Å². The molecule has 0 spiro atoms. The second kappa shape index (κ2) is 6.26. The molecule has 1 saturated carbocycles. The molecule has 0 bridgehead atoms. The number of nitrogens with one attached hydrogen (secondary N) is 1. The van der Waals surface area contributed by atoms with E-state index in [1.165, 1.54) is 38.4 Å². The van der Waals surface area contributed by atoms with Crippen LogP contribution in [0.15, 0.2) is 24.4 Å². The van der Waals surface area contributed by atoms with E-state index in [4.69, 9.17) is 4.74 Å². The quantitative estimate of drug-likeness (QED) is 0.858. The monoisotopic (exact) mass is 287 g/mol. The van der Waals surface area contributed by atoms with Crippen LogP contribution in [0.25, 0.3) is 10.9 Å². The van der Waals surface area contributed by atoms with Crippen molar-refractivity contribution in [3.63, 3.8) is 0 Å². The molecule has 1 aliphatic rings. The molecule has 1 heterocycles. The highest BCUT2D eigenvalue weighted by molar-refractivity contribution is 5.78. The maximum Gasteiger partial charge on any atom is 0.319 e. The maximum absolute atomic E-state index is 11.7. The summed E-state index contributed by atoms with van der Waals surface area (Å²) in [5.74, 6) is -0.162. The Bertz CT molecular complexity index is 617. The average Bonchev–Trinajstić information content (AvgIpc) is 3.17. The van der Waals surface area contributed by atoms with Gasteiger partial charge in [0.15, 0.2) is 0 Å². The topological polar surface area (TPSA) is 58.2 Å². The van der Waals surface area contributed by atoms with Crippen molar-refractivity contribution >= 4 is 16.9 Å². The van der Waals surface area contributed by atoms with Crippen molar-refractivity contribution in [1.82, 2.24) is 15.1 Å². The van der Waals surface area contributed by atoms with Crippen molar-refractivity contribution < 1.29 is 9.53 Å². The van der Waals surface area contributed by atoms with Crippen LogP contribution in [-0.4, -0.2) is 40.8 Å². The molecule has 112 valence electrons. The molecule has 1 aromatic heterocycles. The number of nitrogens with zero attached hydrogens (tertiary/aromatic N) is 2. The summed E-state index contributed by atoms with van der Waals surface area (Å²) in [6.45, 7) is 1.14. The van der Waals surface area contributed by atoms with Gasteiger partial charge >= 0.3 is 5.97 Å². The number of ether oxygens (including phenoxy) is 1. The number of hydrogen-bond donors (Lipinski definition) is 1. The van der Waals surface area contributed by atoms with E-state index in [-0.39, 0.29) is 5.97 Å². The number of esters is 1. The normalized spacial score (nSPS) is 15.9. The van der Waals surface area contributed by atoms with E-state index in [0.29, 0.717) is 12.6 Å². The van der Waals surface area contributed by atoms with Crippen molar-refractivity contribution in [1.29, 1.82) is 0 Å². The molecule has 0 atom stereocenters. The molecule has 0 radical (unpaired) electrons. The van der Waals surface area contributed by atoms with E-state index >= 15 is 0 Å². The van der Waals surface area contributed by atoms with Crippen LogP contribution in [0.1, 0.15) is 31.2 Å². The number of H-pyrrole nitrogens is 1. The molecule has 1 aliphatic carbocycles. The van der Waals surface area contributed by atoms with Crippen LogP contribution in [-0.2, 0) is 16.1 Å². The third-order valence-corrected chi connectivity index (χ3v) is 4.29. The van der Waals surface area contributed by atoms with E-state index in [9.17, 15) is 4.79 Å². The molecule has 21 heavy (non-hydrogen) atoms. The van der Waals surface area contributed by atoms with Crippen LogP contribution in [0.4, 0.5) is 0 Å². The third-order valence-electron chi connectivity index (χ3n) is 4.29. The summed E-state index contributed by atoms with van der Waals surface area (Å²) < 4.78 is 4.84. The zero-order valence-electron chi connectivity index (χ0n) is 12.3. The molecule has 2 aromatic rings. The summed E-state index contributed by atoms with van der Waals surface area (Å²) in [6.07, 6.45) is 6.67. The van der Waals surface area contributed by atoms with Gasteiger partial charge in [-0.15, -0.1) is 0 Å². The second-order valence-electron chi connectivity index (χ2n) is 5.71. The molecule has 3 rings (SSSR count). The number of hydrogen-bond acceptors (Lipinski definition) is 4. The van der Waals surface area contributed by atoms with Gasteiger partial charge in [0, 0.05) is 18.0 Å². The Labute approximate surface area is 124 Å². The van der Waals surface area contributed by atoms with Gasteiger partial charge in [0.05, 0.1) is 25.4 Å². The van der Waals surface area contributed by atoms with Gasteiger partial charge in [0.2, 0.25) is 0 Å². The smallest absolute Gasteiger partial charge is 0.319 e. The van der Waals surface area contributed by atoms with E-state index in [1.54, 1.807) is 0 Å². The first-order valence-corrected chi connectivity index (χ1v) is 7.49. The van der Waals surface area contributed by atoms with Crippen LogP contribution in [0.5, 0.6) is 0 Å². The highest BCUT2D eigenvalue weighted by atomic mass is 16.5. The number of rotatable bonds is 5. The Kier molecular flexibility index (Phi) is 4.20. The SMILES string of the molecule is COC(=O)CN(Cc1ccc2cn[nH]c2c1)C1CCCC1. The predicted octanol–water partition coefficient (Wildman–Crippen LogP) is 2.48. The van der Waals surface area contributed by atoms with Crippen molar-refractivity contribution in [2.45, 2.75) is 38.3 Å². The molecule has 0 unspecified atom stereocenters. The number of aromatic nitrogens is 2. The van der Waals surface area contributed by atoms with E-state index in [2.05, 4.69) is 33.3 Å². The zero-order chi connectivity index (χ0) is 14.7. The molecule has 0 saturated heterocycles. The number of fused-ring (bicyclic) bond motifs is 1. The number of methoxy groups -OCH3 is 1. The van der Waals surface area contributed by atoms with Crippen molar-refractivity contribution in [2.24, 2.45) is 0 Å². The Morgan fingerprint density at radius 1 is 1.43 bits per heavy atom. The van der Waals surface area contributed by atoms with Gasteiger partial charge in [0.1, 0.15) is 0 Å². The number of carbonyl (C=O) groups is 1. The van der Waals surface area contributed by atoms with Crippen LogP contribution in [0, 0.1) is 0 Å². The highest BCUT2D eigenvalue weighted by Crippen LogP contribution is 2.25. The third kappa shape index (κ3) is 3.24. The van der Waals surface area contributed by atoms with Gasteiger partial charge in [0.25, 0.3) is 0 Å². The molecular formula is C16H21N3O2. The zero-order valence-corrected chi connectivity index (χ0v) is 12.3. The van der Waals surface area contributed by atoms with Gasteiger partial charge in [-0.2, -0.15) is 5.10 Å². The summed E-state index contributed by atoms with van der Waals surface area (Å²) >= 11 is 0. The summed E-state index contributed by atoms with van der Waals surface area (Å²) in [5, 5.41) is 8.15. The Morgan fingerprint density at radius 2 is 2.24 bits per heavy atom. The van der Waals surface area contributed by atoms with E-state index in [1.807, 2.05) is 6.20 Å². The lowest BCUT2D eigenvalue weighted by Gasteiger charge is -2.27. The first-order valence-electron chi connectivity index (χ1n) is 7.49. The Balaban J connectivity index is 1.76. The van der Waals surface area contributed by atoms with Crippen molar-refractivity contribution in [3.8, 4) is 0 Å². The second-order valence-corrected chi connectivity index (χ2v) is 5.71. The Morgan fingerprint density at radius 3 is 3.00 bits per heavy atom. The summed E-state index contributed by atoms with van der Waals surface area (Å²) in [5.41, 5.74) is 2.24. The fraction of sp³-hybridized carbons (Fsp3) is 0.500. The molecule has 5 heteroatoms. The van der Waals surface area contributed by atoms with E-state index < -0.39 is 0 Å². The van der Waals surface area contributed by atoms with Crippen LogP contribution < -0.4 is 0 Å². The fourth-order valence-corrected chi connectivity index (χ4v) is 3.13.